The van der Waals surface area contributed by atoms with Crippen LogP contribution >= 0.6 is 45.9 Å². The van der Waals surface area contributed by atoms with Crippen molar-refractivity contribution in [1.29, 1.82) is 0 Å². The second-order valence-electron chi connectivity index (χ2n) is 7.72. The second-order valence-corrected chi connectivity index (χ2v) is 10.5. The number of benzene rings is 1. The first-order valence-corrected chi connectivity index (χ1v) is 12.4. The van der Waals surface area contributed by atoms with Crippen molar-refractivity contribution >= 4 is 57.9 Å². The molecule has 3 heterocycles. The van der Waals surface area contributed by atoms with E-state index in [4.69, 9.17) is 27.9 Å². The van der Waals surface area contributed by atoms with Crippen molar-refractivity contribution in [2.24, 2.45) is 10.9 Å². The highest BCUT2D eigenvalue weighted by atomic mass is 35.5. The van der Waals surface area contributed by atoms with Gasteiger partial charge in [-0.1, -0.05) is 60.5 Å². The van der Waals surface area contributed by atoms with Crippen molar-refractivity contribution in [3.05, 3.63) is 87.2 Å². The van der Waals surface area contributed by atoms with Crippen molar-refractivity contribution in [1.82, 2.24) is 4.57 Å². The van der Waals surface area contributed by atoms with Crippen LogP contribution in [0.4, 0.5) is 0 Å². The molecule has 0 saturated carbocycles. The Balaban J connectivity index is 1.91. The van der Waals surface area contributed by atoms with Gasteiger partial charge in [0.1, 0.15) is 6.04 Å². The molecular formula is C23H20Cl2N2O3S2. The van der Waals surface area contributed by atoms with Gasteiger partial charge in [0.15, 0.2) is 4.80 Å². The molecule has 9 heteroatoms. The molecule has 32 heavy (non-hydrogen) atoms. The fourth-order valence-electron chi connectivity index (χ4n) is 3.40. The van der Waals surface area contributed by atoms with Gasteiger partial charge in [-0.25, -0.2) is 9.79 Å². The van der Waals surface area contributed by atoms with Gasteiger partial charge in [0, 0.05) is 20.5 Å². The highest BCUT2D eigenvalue weighted by molar-refractivity contribution is 7.10. The summed E-state index contributed by atoms with van der Waals surface area (Å²) in [6, 6.07) is 8.39. The average Bonchev–Trinajstić information content (AvgIpc) is 3.37. The van der Waals surface area contributed by atoms with Crippen LogP contribution in [0.2, 0.25) is 10.0 Å². The zero-order chi connectivity index (χ0) is 23.0. The number of esters is 1. The van der Waals surface area contributed by atoms with Gasteiger partial charge in [0.2, 0.25) is 0 Å². The largest absolute Gasteiger partial charge is 0.462 e. The van der Waals surface area contributed by atoms with Crippen LogP contribution in [0, 0.1) is 5.92 Å². The minimum atomic E-state index is -0.602. The number of carbonyl (C=O) groups is 1. The number of rotatable bonds is 5. The van der Waals surface area contributed by atoms with E-state index in [1.165, 1.54) is 22.7 Å². The molecule has 0 radical (unpaired) electrons. The molecule has 1 aromatic carbocycles. The van der Waals surface area contributed by atoms with E-state index in [2.05, 4.69) is 4.99 Å². The lowest BCUT2D eigenvalue weighted by atomic mass is 10.0. The van der Waals surface area contributed by atoms with Gasteiger partial charge in [-0.2, -0.15) is 0 Å². The average molecular weight is 507 g/mol. The molecule has 5 nitrogen and oxygen atoms in total. The van der Waals surface area contributed by atoms with Crippen LogP contribution in [0.3, 0.4) is 0 Å². The van der Waals surface area contributed by atoms with Crippen LogP contribution < -0.4 is 14.9 Å². The minimum absolute atomic E-state index is 0.196. The first-order chi connectivity index (χ1) is 15.3. The summed E-state index contributed by atoms with van der Waals surface area (Å²) in [5, 5.41) is 2.82. The normalized spacial score (nSPS) is 16.3. The summed E-state index contributed by atoms with van der Waals surface area (Å²) in [5.74, 6) is -0.261. The summed E-state index contributed by atoms with van der Waals surface area (Å²) in [5.41, 5.74) is 1.23. The van der Waals surface area contributed by atoms with E-state index in [9.17, 15) is 9.59 Å². The minimum Gasteiger partial charge on any atom is -0.462 e. The van der Waals surface area contributed by atoms with E-state index in [-0.39, 0.29) is 11.5 Å². The molecule has 0 fully saturated rings. The predicted octanol–water partition coefficient (Wildman–Crippen LogP) is 4.80. The Morgan fingerprint density at radius 3 is 2.59 bits per heavy atom. The van der Waals surface area contributed by atoms with Gasteiger partial charge in [0.25, 0.3) is 5.56 Å². The SMILES string of the molecule is CC1=C(C(=O)OCC(C)C)[C@@H](c2cccs2)n2c(s/c(=C\c3c(Cl)cccc3Cl)c2=O)=N1. The number of nitrogens with zero attached hydrogens (tertiary/aromatic N) is 2. The lowest BCUT2D eigenvalue weighted by Crippen LogP contribution is -2.39. The molecule has 4 rings (SSSR count). The summed E-state index contributed by atoms with van der Waals surface area (Å²) in [6.07, 6.45) is 1.68. The topological polar surface area (TPSA) is 60.7 Å². The van der Waals surface area contributed by atoms with Crippen LogP contribution in [0.1, 0.15) is 37.3 Å². The molecule has 0 spiro atoms. The molecule has 0 saturated heterocycles. The quantitative estimate of drug-likeness (QED) is 0.466. The van der Waals surface area contributed by atoms with Crippen molar-refractivity contribution in [3.8, 4) is 0 Å². The molecule has 0 bridgehead atoms. The molecule has 1 aliphatic heterocycles. The van der Waals surface area contributed by atoms with Gasteiger partial charge in [-0.3, -0.25) is 9.36 Å². The molecule has 3 aromatic rings. The smallest absolute Gasteiger partial charge is 0.338 e. The number of ether oxygens (including phenoxy) is 1. The van der Waals surface area contributed by atoms with Gasteiger partial charge in [-0.15, -0.1) is 11.3 Å². The van der Waals surface area contributed by atoms with Crippen LogP contribution in [0.15, 0.2) is 56.8 Å². The number of hydrogen-bond donors (Lipinski definition) is 0. The van der Waals surface area contributed by atoms with Crippen molar-refractivity contribution in [2.75, 3.05) is 6.61 Å². The number of thiazole rings is 1. The van der Waals surface area contributed by atoms with E-state index in [0.29, 0.717) is 42.8 Å². The molecule has 0 aliphatic carbocycles. The fourth-order valence-corrected chi connectivity index (χ4v) is 5.76. The Labute approximate surface area is 202 Å². The number of allylic oxidation sites excluding steroid dienone is 1. The zero-order valence-corrected chi connectivity index (χ0v) is 20.7. The zero-order valence-electron chi connectivity index (χ0n) is 17.6. The maximum Gasteiger partial charge on any atom is 0.338 e. The molecule has 1 atom stereocenters. The van der Waals surface area contributed by atoms with E-state index in [1.807, 2.05) is 31.4 Å². The standard InChI is InChI=1S/C23H20Cl2N2O3S2/c1-12(2)11-30-22(29)19-13(3)26-23-27(20(19)17-8-5-9-31-17)21(28)18(32-23)10-14-15(24)6-4-7-16(14)25/h4-10,12,20H,11H2,1-3H3/b18-10-/t20-/m1/s1. The monoisotopic (exact) mass is 506 g/mol. The highest BCUT2D eigenvalue weighted by Crippen LogP contribution is 2.33. The van der Waals surface area contributed by atoms with Crippen LogP contribution in [0.25, 0.3) is 6.08 Å². The van der Waals surface area contributed by atoms with E-state index < -0.39 is 12.0 Å². The number of aromatic nitrogens is 1. The lowest BCUT2D eigenvalue weighted by Gasteiger charge is -2.23. The Bertz CT molecular complexity index is 1370. The van der Waals surface area contributed by atoms with Crippen LogP contribution in [-0.2, 0) is 9.53 Å². The van der Waals surface area contributed by atoms with Crippen LogP contribution in [-0.4, -0.2) is 17.1 Å². The van der Waals surface area contributed by atoms with Crippen LogP contribution in [0.5, 0.6) is 0 Å². The third-order valence-electron chi connectivity index (χ3n) is 4.88. The van der Waals surface area contributed by atoms with Gasteiger partial charge < -0.3 is 4.74 Å². The van der Waals surface area contributed by atoms with Crippen molar-refractivity contribution in [3.63, 3.8) is 0 Å². The summed E-state index contributed by atoms with van der Waals surface area (Å²) in [4.78, 5) is 32.5. The Kier molecular flexibility index (Phi) is 6.72. The summed E-state index contributed by atoms with van der Waals surface area (Å²) in [7, 11) is 0. The summed E-state index contributed by atoms with van der Waals surface area (Å²) >= 11 is 15.3. The number of carbonyl (C=O) groups excluding carboxylic acids is 1. The number of hydrogen-bond acceptors (Lipinski definition) is 6. The predicted molar refractivity (Wildman–Crippen MR) is 130 cm³/mol. The van der Waals surface area contributed by atoms with Crippen molar-refractivity contribution < 1.29 is 9.53 Å². The van der Waals surface area contributed by atoms with Gasteiger partial charge in [0.05, 0.1) is 22.4 Å². The maximum absolute atomic E-state index is 13.5. The lowest BCUT2D eigenvalue weighted by molar-refractivity contribution is -0.140. The number of halogens is 2. The summed E-state index contributed by atoms with van der Waals surface area (Å²) < 4.78 is 7.52. The second kappa shape index (κ2) is 9.35. The molecule has 0 N–H and O–H groups in total. The fraction of sp³-hybridized carbons (Fsp3) is 0.261. The molecule has 166 valence electrons. The molecule has 0 unspecified atom stereocenters. The first-order valence-electron chi connectivity index (χ1n) is 9.95. The Morgan fingerprint density at radius 1 is 1.25 bits per heavy atom. The Morgan fingerprint density at radius 2 is 1.97 bits per heavy atom. The number of thiophene rings is 1. The number of fused-ring (bicyclic) bond motifs is 1. The highest BCUT2D eigenvalue weighted by Gasteiger charge is 2.34. The first kappa shape index (κ1) is 23.0. The third-order valence-corrected chi connectivity index (χ3v) is 7.44. The van der Waals surface area contributed by atoms with Crippen molar-refractivity contribution in [2.45, 2.75) is 26.8 Å². The molecule has 0 amide bonds. The van der Waals surface area contributed by atoms with E-state index >= 15 is 0 Å². The van der Waals surface area contributed by atoms with E-state index in [1.54, 1.807) is 35.8 Å². The third kappa shape index (κ3) is 4.35. The van der Waals surface area contributed by atoms with Gasteiger partial charge >= 0.3 is 5.97 Å². The van der Waals surface area contributed by atoms with Gasteiger partial charge in [-0.05, 0) is 42.5 Å². The maximum atomic E-state index is 13.5. The molecular weight excluding hydrogens is 487 g/mol. The summed E-state index contributed by atoms with van der Waals surface area (Å²) in [6.45, 7) is 6.01. The Hall–Kier alpha value is -2.19. The molecule has 1 aliphatic rings. The van der Waals surface area contributed by atoms with E-state index in [0.717, 1.165) is 4.88 Å². The molecule has 2 aromatic heterocycles.